The SMILES string of the molecule is CCNN(C(=O)OC(C)(C)C)C(C=O)Cc1ccccc1. The molecule has 1 aromatic rings. The molecular weight excluding hydrogens is 268 g/mol. The number of nitrogens with zero attached hydrogens (tertiary/aromatic N) is 1. The number of ether oxygens (including phenoxy) is 1. The molecule has 116 valence electrons. The first-order valence-corrected chi connectivity index (χ1v) is 7.12. The van der Waals surface area contributed by atoms with Crippen molar-refractivity contribution >= 4 is 12.4 Å². The Morgan fingerprint density at radius 3 is 2.43 bits per heavy atom. The van der Waals surface area contributed by atoms with Crippen molar-refractivity contribution in [3.8, 4) is 0 Å². The van der Waals surface area contributed by atoms with Crippen LogP contribution in [0.2, 0.25) is 0 Å². The van der Waals surface area contributed by atoms with E-state index < -0.39 is 17.7 Å². The Labute approximate surface area is 126 Å². The first-order valence-electron chi connectivity index (χ1n) is 7.12. The molecule has 1 atom stereocenters. The van der Waals surface area contributed by atoms with E-state index in [-0.39, 0.29) is 0 Å². The van der Waals surface area contributed by atoms with Gasteiger partial charge < -0.3 is 9.53 Å². The Bertz CT molecular complexity index is 454. The second-order valence-corrected chi connectivity index (χ2v) is 5.76. The molecule has 0 aliphatic heterocycles. The van der Waals surface area contributed by atoms with Crippen molar-refractivity contribution < 1.29 is 14.3 Å². The van der Waals surface area contributed by atoms with E-state index in [1.807, 2.05) is 37.3 Å². The van der Waals surface area contributed by atoms with E-state index >= 15 is 0 Å². The number of carbonyl (C=O) groups is 2. The van der Waals surface area contributed by atoms with Gasteiger partial charge in [-0.2, -0.15) is 0 Å². The van der Waals surface area contributed by atoms with Gasteiger partial charge in [0.1, 0.15) is 17.9 Å². The highest BCUT2D eigenvalue weighted by molar-refractivity contribution is 5.73. The lowest BCUT2D eigenvalue weighted by atomic mass is 10.1. The molecule has 5 heteroatoms. The molecule has 0 aliphatic carbocycles. The fourth-order valence-electron chi connectivity index (χ4n) is 1.85. The maximum atomic E-state index is 12.2. The van der Waals surface area contributed by atoms with Gasteiger partial charge in [-0.25, -0.2) is 15.2 Å². The van der Waals surface area contributed by atoms with Crippen molar-refractivity contribution in [3.63, 3.8) is 0 Å². The van der Waals surface area contributed by atoms with Crippen LogP contribution < -0.4 is 5.43 Å². The summed E-state index contributed by atoms with van der Waals surface area (Å²) >= 11 is 0. The molecule has 0 saturated heterocycles. The molecule has 0 spiro atoms. The average Bonchev–Trinajstić information content (AvgIpc) is 2.41. The van der Waals surface area contributed by atoms with Crippen molar-refractivity contribution in [2.45, 2.75) is 45.8 Å². The summed E-state index contributed by atoms with van der Waals surface area (Å²) in [7, 11) is 0. The third kappa shape index (κ3) is 5.95. The predicted molar refractivity (Wildman–Crippen MR) is 81.7 cm³/mol. The Morgan fingerprint density at radius 1 is 1.33 bits per heavy atom. The lowest BCUT2D eigenvalue weighted by Crippen LogP contribution is -2.52. The monoisotopic (exact) mass is 292 g/mol. The van der Waals surface area contributed by atoms with Gasteiger partial charge >= 0.3 is 6.09 Å². The summed E-state index contributed by atoms with van der Waals surface area (Å²) in [5, 5.41) is 1.27. The van der Waals surface area contributed by atoms with E-state index in [2.05, 4.69) is 5.43 Å². The van der Waals surface area contributed by atoms with Gasteiger partial charge in [0.2, 0.25) is 0 Å². The lowest BCUT2D eigenvalue weighted by Gasteiger charge is -2.31. The van der Waals surface area contributed by atoms with Gasteiger partial charge in [0.15, 0.2) is 0 Å². The molecule has 5 nitrogen and oxygen atoms in total. The molecule has 1 aromatic carbocycles. The zero-order valence-electron chi connectivity index (χ0n) is 13.1. The molecule has 0 aliphatic rings. The number of hydrogen-bond acceptors (Lipinski definition) is 4. The van der Waals surface area contributed by atoms with Crippen LogP contribution in [0.3, 0.4) is 0 Å². The summed E-state index contributed by atoms with van der Waals surface area (Å²) in [4.78, 5) is 23.6. The highest BCUT2D eigenvalue weighted by Crippen LogP contribution is 2.12. The fraction of sp³-hybridized carbons (Fsp3) is 0.500. The van der Waals surface area contributed by atoms with E-state index in [1.165, 1.54) is 5.01 Å². The van der Waals surface area contributed by atoms with E-state index in [0.29, 0.717) is 13.0 Å². The summed E-state index contributed by atoms with van der Waals surface area (Å²) in [5.41, 5.74) is 3.28. The number of hydrogen-bond donors (Lipinski definition) is 1. The fourth-order valence-corrected chi connectivity index (χ4v) is 1.85. The molecule has 0 aromatic heterocycles. The molecule has 0 fully saturated rings. The van der Waals surface area contributed by atoms with Crippen LogP contribution in [0.1, 0.15) is 33.3 Å². The van der Waals surface area contributed by atoms with Gasteiger partial charge in [0.05, 0.1) is 0 Å². The third-order valence-corrected chi connectivity index (χ3v) is 2.70. The molecule has 0 saturated carbocycles. The first-order chi connectivity index (χ1) is 9.87. The Hall–Kier alpha value is -1.88. The standard InChI is InChI=1S/C16H24N2O3/c1-5-17-18(15(20)21-16(2,3)4)14(12-19)11-13-9-7-6-8-10-13/h6-10,12,14,17H,5,11H2,1-4H3. The Balaban J connectivity index is 2.85. The number of carbonyl (C=O) groups excluding carboxylic acids is 2. The normalized spacial score (nSPS) is 12.6. The van der Waals surface area contributed by atoms with Gasteiger partial charge in [0, 0.05) is 13.0 Å². The largest absolute Gasteiger partial charge is 0.443 e. The van der Waals surface area contributed by atoms with E-state index in [1.54, 1.807) is 20.8 Å². The smallest absolute Gasteiger partial charge is 0.425 e. The number of benzene rings is 1. The zero-order valence-corrected chi connectivity index (χ0v) is 13.1. The number of rotatable bonds is 6. The van der Waals surface area contributed by atoms with Crippen LogP contribution in [0.4, 0.5) is 4.79 Å². The van der Waals surface area contributed by atoms with Crippen molar-refractivity contribution in [1.82, 2.24) is 10.4 Å². The molecule has 1 N–H and O–H groups in total. The van der Waals surface area contributed by atoms with Crippen LogP contribution in [0.5, 0.6) is 0 Å². The van der Waals surface area contributed by atoms with Crippen LogP contribution in [0, 0.1) is 0 Å². The number of aldehydes is 1. The highest BCUT2D eigenvalue weighted by Gasteiger charge is 2.28. The van der Waals surface area contributed by atoms with Crippen molar-refractivity contribution in [2.24, 2.45) is 0 Å². The quantitative estimate of drug-likeness (QED) is 0.646. The van der Waals surface area contributed by atoms with Crippen molar-refractivity contribution in [1.29, 1.82) is 0 Å². The minimum absolute atomic E-state index is 0.441. The average molecular weight is 292 g/mol. The molecule has 0 bridgehead atoms. The second-order valence-electron chi connectivity index (χ2n) is 5.76. The van der Waals surface area contributed by atoms with Crippen LogP contribution in [0.15, 0.2) is 30.3 Å². The van der Waals surface area contributed by atoms with Gasteiger partial charge in [-0.3, -0.25) is 0 Å². The molecular formula is C16H24N2O3. The minimum atomic E-state index is -0.609. The Morgan fingerprint density at radius 2 is 1.95 bits per heavy atom. The number of hydrazine groups is 1. The lowest BCUT2D eigenvalue weighted by molar-refractivity contribution is -0.113. The maximum absolute atomic E-state index is 12.2. The van der Waals surface area contributed by atoms with Crippen molar-refractivity contribution in [2.75, 3.05) is 6.54 Å². The summed E-state index contributed by atoms with van der Waals surface area (Å²) < 4.78 is 5.34. The minimum Gasteiger partial charge on any atom is -0.443 e. The molecule has 21 heavy (non-hydrogen) atoms. The van der Waals surface area contributed by atoms with Crippen molar-refractivity contribution in [3.05, 3.63) is 35.9 Å². The van der Waals surface area contributed by atoms with Gasteiger partial charge in [-0.1, -0.05) is 37.3 Å². The van der Waals surface area contributed by atoms with Crippen LogP contribution >= 0.6 is 0 Å². The summed E-state index contributed by atoms with van der Waals surface area (Å²) in [6, 6.07) is 8.97. The van der Waals surface area contributed by atoms with Crippen LogP contribution in [0.25, 0.3) is 0 Å². The number of amides is 1. The molecule has 1 rings (SSSR count). The van der Waals surface area contributed by atoms with Crippen LogP contribution in [-0.2, 0) is 16.0 Å². The van der Waals surface area contributed by atoms with Gasteiger partial charge in [-0.05, 0) is 26.3 Å². The van der Waals surface area contributed by atoms with Gasteiger partial charge in [-0.15, -0.1) is 0 Å². The molecule has 1 unspecified atom stereocenters. The topological polar surface area (TPSA) is 58.6 Å². The van der Waals surface area contributed by atoms with E-state index in [4.69, 9.17) is 4.74 Å². The Kier molecular flexibility index (Phi) is 6.37. The second kappa shape index (κ2) is 7.78. The summed E-state index contributed by atoms with van der Waals surface area (Å²) in [5.74, 6) is 0. The third-order valence-electron chi connectivity index (χ3n) is 2.70. The van der Waals surface area contributed by atoms with Gasteiger partial charge in [0.25, 0.3) is 0 Å². The first kappa shape index (κ1) is 17.2. The number of nitrogens with one attached hydrogen (secondary N) is 1. The molecule has 0 heterocycles. The predicted octanol–water partition coefficient (Wildman–Crippen LogP) is 2.56. The molecule has 0 radical (unpaired) electrons. The van der Waals surface area contributed by atoms with E-state index in [0.717, 1.165) is 11.8 Å². The summed E-state index contributed by atoms with van der Waals surface area (Å²) in [6.07, 6.45) is 0.660. The summed E-state index contributed by atoms with van der Waals surface area (Å²) in [6.45, 7) is 7.77. The van der Waals surface area contributed by atoms with Crippen LogP contribution in [-0.4, -0.2) is 35.6 Å². The highest BCUT2D eigenvalue weighted by atomic mass is 16.6. The molecule has 1 amide bonds. The zero-order chi connectivity index (χ0) is 15.9. The maximum Gasteiger partial charge on any atom is 0.425 e. The van der Waals surface area contributed by atoms with E-state index in [9.17, 15) is 9.59 Å².